The molecule has 0 amide bonds. The minimum absolute atomic E-state index is 0. The molecule has 1 aliphatic carbocycles. The zero-order chi connectivity index (χ0) is 14.1. The lowest BCUT2D eigenvalue weighted by Gasteiger charge is -2.17. The third-order valence-electron chi connectivity index (χ3n) is 4.72. The molecule has 116 valence electrons. The third kappa shape index (κ3) is 3.27. The van der Waals surface area contributed by atoms with E-state index in [2.05, 4.69) is 58.1 Å². The van der Waals surface area contributed by atoms with E-state index in [1.807, 2.05) is 0 Å². The summed E-state index contributed by atoms with van der Waals surface area (Å²) < 4.78 is 2.45. The first-order valence-corrected chi connectivity index (χ1v) is 8.22. The largest absolute Gasteiger partial charge is 1.00 e. The topological polar surface area (TPSA) is 7.12 Å². The van der Waals surface area contributed by atoms with Gasteiger partial charge < -0.3 is 17.3 Å². The van der Waals surface area contributed by atoms with Crippen LogP contribution in [-0.2, 0) is 6.54 Å². The molecule has 1 saturated carbocycles. The van der Waals surface area contributed by atoms with E-state index >= 15 is 0 Å². The molecule has 2 heterocycles. The molecule has 1 aliphatic heterocycles. The van der Waals surface area contributed by atoms with Crippen molar-refractivity contribution in [1.82, 2.24) is 0 Å². The molecule has 3 heteroatoms. The van der Waals surface area contributed by atoms with Gasteiger partial charge in [-0.25, -0.2) is 0 Å². The van der Waals surface area contributed by atoms with Crippen molar-refractivity contribution in [2.45, 2.75) is 38.1 Å². The van der Waals surface area contributed by atoms with Gasteiger partial charge in [0.15, 0.2) is 18.4 Å². The van der Waals surface area contributed by atoms with Crippen molar-refractivity contribution in [3.8, 4) is 0 Å². The van der Waals surface area contributed by atoms with Crippen LogP contribution in [0.2, 0.25) is 0 Å². The van der Waals surface area contributed by atoms with Crippen molar-refractivity contribution in [3.63, 3.8) is 0 Å². The predicted octanol–water partition coefficient (Wildman–Crippen LogP) is 0.504. The average molecular weight is 315 g/mol. The molecular formula is C19H23ClN2. The van der Waals surface area contributed by atoms with Crippen LogP contribution in [0.25, 0.3) is 0 Å². The number of pyridine rings is 1. The van der Waals surface area contributed by atoms with E-state index < -0.39 is 0 Å². The Kier molecular flexibility index (Phi) is 4.68. The summed E-state index contributed by atoms with van der Waals surface area (Å²) in [6.07, 6.45) is 7.71. The van der Waals surface area contributed by atoms with Crippen LogP contribution in [-0.4, -0.2) is 13.1 Å². The lowest BCUT2D eigenvalue weighted by Crippen LogP contribution is -3.00. The van der Waals surface area contributed by atoms with Gasteiger partial charge in [-0.1, -0.05) is 30.3 Å². The van der Waals surface area contributed by atoms with E-state index in [-0.39, 0.29) is 12.4 Å². The second kappa shape index (κ2) is 6.70. The third-order valence-corrected chi connectivity index (χ3v) is 4.72. The number of anilines is 1. The maximum atomic E-state index is 2.54. The number of benzene rings is 1. The Balaban J connectivity index is 0.00000144. The van der Waals surface area contributed by atoms with Crippen molar-refractivity contribution in [1.29, 1.82) is 0 Å². The molecule has 2 nitrogen and oxygen atoms in total. The van der Waals surface area contributed by atoms with E-state index in [0.717, 1.165) is 12.5 Å². The fourth-order valence-corrected chi connectivity index (χ4v) is 3.36. The molecule has 2 fully saturated rings. The van der Waals surface area contributed by atoms with E-state index in [4.69, 9.17) is 0 Å². The number of rotatable bonds is 4. The molecule has 4 rings (SSSR count). The Bertz CT molecular complexity index is 617. The fraction of sp³-hybridized carbons (Fsp3) is 0.421. The predicted molar refractivity (Wildman–Crippen MR) is 85.6 cm³/mol. The highest BCUT2D eigenvalue weighted by atomic mass is 35.5. The van der Waals surface area contributed by atoms with Crippen LogP contribution in [0.1, 0.15) is 42.9 Å². The summed E-state index contributed by atoms with van der Waals surface area (Å²) >= 11 is 0. The molecule has 2 aliphatic rings. The molecule has 1 saturated heterocycles. The van der Waals surface area contributed by atoms with Gasteiger partial charge in [0, 0.05) is 42.4 Å². The van der Waals surface area contributed by atoms with E-state index in [0.29, 0.717) is 0 Å². The smallest absolute Gasteiger partial charge is 0.186 e. The first-order valence-electron chi connectivity index (χ1n) is 8.22. The molecule has 1 aromatic heterocycles. The summed E-state index contributed by atoms with van der Waals surface area (Å²) in [5.41, 5.74) is 4.35. The van der Waals surface area contributed by atoms with E-state index in [1.165, 1.54) is 55.7 Å². The number of halogens is 1. The van der Waals surface area contributed by atoms with Gasteiger partial charge >= 0.3 is 0 Å². The van der Waals surface area contributed by atoms with Gasteiger partial charge in [-0.3, -0.25) is 0 Å². The summed E-state index contributed by atoms with van der Waals surface area (Å²) in [7, 11) is 0. The lowest BCUT2D eigenvalue weighted by atomic mass is 10.1. The van der Waals surface area contributed by atoms with Crippen LogP contribution in [0.15, 0.2) is 48.7 Å². The highest BCUT2D eigenvalue weighted by molar-refractivity contribution is 5.47. The fourth-order valence-electron chi connectivity index (χ4n) is 3.36. The van der Waals surface area contributed by atoms with Crippen LogP contribution in [0.4, 0.5) is 5.69 Å². The quantitative estimate of drug-likeness (QED) is 0.746. The van der Waals surface area contributed by atoms with Crippen molar-refractivity contribution in [3.05, 3.63) is 59.9 Å². The van der Waals surface area contributed by atoms with E-state index in [9.17, 15) is 0 Å². The maximum Gasteiger partial charge on any atom is 0.186 e. The molecule has 0 radical (unpaired) electrons. The molecule has 0 unspecified atom stereocenters. The standard InChI is InChI=1S/C19H23N2.ClH/c1-2-6-16(7-3-1)15-21-13-10-18(20-11-4-5-12-20)14-19(21)17-8-9-17;/h1-3,6-7,10,13-14,17H,4-5,8-9,11-12,15H2;1H/q+1;/p-1. The molecular weight excluding hydrogens is 292 g/mol. The second-order valence-electron chi connectivity index (χ2n) is 6.39. The zero-order valence-corrected chi connectivity index (χ0v) is 13.7. The number of nitrogens with zero attached hydrogens (tertiary/aromatic N) is 2. The first kappa shape index (κ1) is 15.4. The average Bonchev–Trinajstić information content (AvgIpc) is 3.23. The van der Waals surface area contributed by atoms with Gasteiger partial charge in [0.05, 0.1) is 0 Å². The Labute approximate surface area is 139 Å². The maximum absolute atomic E-state index is 2.54. The van der Waals surface area contributed by atoms with Crippen LogP contribution >= 0.6 is 0 Å². The molecule has 0 N–H and O–H groups in total. The summed E-state index contributed by atoms with van der Waals surface area (Å²) in [5, 5.41) is 0. The van der Waals surface area contributed by atoms with Crippen molar-refractivity contribution < 1.29 is 17.0 Å². The molecule has 22 heavy (non-hydrogen) atoms. The van der Waals surface area contributed by atoms with Gasteiger partial charge in [0.2, 0.25) is 0 Å². The Hall–Kier alpha value is -1.54. The van der Waals surface area contributed by atoms with Gasteiger partial charge in [-0.2, -0.15) is 4.57 Å². The summed E-state index contributed by atoms with van der Waals surface area (Å²) in [5.74, 6) is 0.788. The summed E-state index contributed by atoms with van der Waals surface area (Å²) in [6, 6.07) is 15.5. The van der Waals surface area contributed by atoms with Crippen LogP contribution < -0.4 is 21.9 Å². The molecule has 2 aromatic rings. The molecule has 1 aromatic carbocycles. The minimum atomic E-state index is 0. The van der Waals surface area contributed by atoms with Crippen LogP contribution in [0.3, 0.4) is 0 Å². The van der Waals surface area contributed by atoms with Crippen molar-refractivity contribution >= 4 is 5.69 Å². The van der Waals surface area contributed by atoms with Gasteiger partial charge in [0.25, 0.3) is 0 Å². The summed E-state index contributed by atoms with van der Waals surface area (Å²) in [6.45, 7) is 3.45. The lowest BCUT2D eigenvalue weighted by molar-refractivity contribution is -0.695. The van der Waals surface area contributed by atoms with E-state index in [1.54, 1.807) is 0 Å². The number of hydrogen-bond acceptors (Lipinski definition) is 1. The normalized spacial score (nSPS) is 17.4. The highest BCUT2D eigenvalue weighted by Gasteiger charge is 2.32. The molecule has 0 spiro atoms. The van der Waals surface area contributed by atoms with Gasteiger partial charge in [0.1, 0.15) is 0 Å². The van der Waals surface area contributed by atoms with Crippen LogP contribution in [0, 0.1) is 0 Å². The number of aromatic nitrogens is 1. The zero-order valence-electron chi connectivity index (χ0n) is 12.9. The van der Waals surface area contributed by atoms with Gasteiger partial charge in [-0.15, -0.1) is 0 Å². The monoisotopic (exact) mass is 314 g/mol. The van der Waals surface area contributed by atoms with Crippen LogP contribution in [0.5, 0.6) is 0 Å². The Morgan fingerprint density at radius 3 is 2.41 bits per heavy atom. The Morgan fingerprint density at radius 2 is 1.73 bits per heavy atom. The molecule has 0 bridgehead atoms. The highest BCUT2D eigenvalue weighted by Crippen LogP contribution is 2.39. The molecule has 0 atom stereocenters. The summed E-state index contributed by atoms with van der Waals surface area (Å²) in [4.78, 5) is 2.54. The SMILES string of the molecule is [Cl-].c1ccc(C[n+]2ccc(N3CCCC3)cc2C2CC2)cc1. The van der Waals surface area contributed by atoms with Crippen molar-refractivity contribution in [2.75, 3.05) is 18.0 Å². The Morgan fingerprint density at radius 1 is 1.00 bits per heavy atom. The van der Waals surface area contributed by atoms with Gasteiger partial charge in [-0.05, 0) is 25.7 Å². The number of hydrogen-bond donors (Lipinski definition) is 0. The first-order chi connectivity index (χ1) is 10.4. The van der Waals surface area contributed by atoms with Crippen molar-refractivity contribution in [2.24, 2.45) is 0 Å². The minimum Gasteiger partial charge on any atom is -1.00 e. The second-order valence-corrected chi connectivity index (χ2v) is 6.39.